The third-order valence-electron chi connectivity index (χ3n) is 2.16. The molecule has 0 saturated carbocycles. The Morgan fingerprint density at radius 2 is 2.27 bits per heavy atom. The molecule has 0 fully saturated rings. The highest BCUT2D eigenvalue weighted by atomic mass is 35.5. The van der Waals surface area contributed by atoms with Gasteiger partial charge < -0.3 is 5.73 Å². The molecule has 2 aromatic rings. The van der Waals surface area contributed by atoms with Crippen molar-refractivity contribution >= 4 is 11.6 Å². The minimum absolute atomic E-state index is 0.0210. The minimum Gasteiger partial charge on any atom is -0.324 e. The zero-order valence-electron chi connectivity index (χ0n) is 8.26. The summed E-state index contributed by atoms with van der Waals surface area (Å²) in [7, 11) is 0. The van der Waals surface area contributed by atoms with Crippen molar-refractivity contribution in [1.82, 2.24) is 14.8 Å². The first-order valence-electron chi connectivity index (χ1n) is 4.58. The Balaban J connectivity index is 2.44. The van der Waals surface area contributed by atoms with Gasteiger partial charge in [0.1, 0.15) is 12.7 Å². The van der Waals surface area contributed by atoms with Crippen LogP contribution in [-0.4, -0.2) is 14.8 Å². The maximum absolute atomic E-state index is 6.12. The Morgan fingerprint density at radius 1 is 1.47 bits per heavy atom. The normalized spacial score (nSPS) is 12.7. The Morgan fingerprint density at radius 3 is 2.80 bits per heavy atom. The molecule has 4 nitrogen and oxygen atoms in total. The lowest BCUT2D eigenvalue weighted by Gasteiger charge is -2.08. The summed E-state index contributed by atoms with van der Waals surface area (Å²) in [5, 5.41) is 4.63. The second-order valence-electron chi connectivity index (χ2n) is 3.34. The Kier molecular flexibility index (Phi) is 2.70. The van der Waals surface area contributed by atoms with Crippen LogP contribution in [0.2, 0.25) is 5.02 Å². The predicted octanol–water partition coefficient (Wildman–Crippen LogP) is 1.94. The molecule has 78 valence electrons. The van der Waals surface area contributed by atoms with Gasteiger partial charge in [-0.25, -0.2) is 9.67 Å². The highest BCUT2D eigenvalue weighted by Crippen LogP contribution is 2.23. The molecule has 2 N–H and O–H groups in total. The molecule has 15 heavy (non-hydrogen) atoms. The van der Waals surface area contributed by atoms with E-state index in [-0.39, 0.29) is 6.04 Å². The largest absolute Gasteiger partial charge is 0.324 e. The monoisotopic (exact) mass is 222 g/mol. The van der Waals surface area contributed by atoms with Crippen LogP contribution in [0.1, 0.15) is 18.5 Å². The van der Waals surface area contributed by atoms with Gasteiger partial charge in [0.25, 0.3) is 0 Å². The molecule has 0 spiro atoms. The summed E-state index contributed by atoms with van der Waals surface area (Å²) in [6.07, 6.45) is 3.07. The van der Waals surface area contributed by atoms with Crippen molar-refractivity contribution in [3.8, 4) is 5.69 Å². The summed E-state index contributed by atoms with van der Waals surface area (Å²) in [6, 6.07) is 5.65. The molecular weight excluding hydrogens is 212 g/mol. The van der Waals surface area contributed by atoms with Gasteiger partial charge in [-0.3, -0.25) is 0 Å². The van der Waals surface area contributed by atoms with Crippen molar-refractivity contribution < 1.29 is 0 Å². The van der Waals surface area contributed by atoms with Crippen molar-refractivity contribution in [3.05, 3.63) is 41.4 Å². The topological polar surface area (TPSA) is 56.7 Å². The van der Waals surface area contributed by atoms with Crippen LogP contribution in [0.3, 0.4) is 0 Å². The van der Waals surface area contributed by atoms with E-state index in [9.17, 15) is 0 Å². The lowest BCUT2D eigenvalue weighted by molar-refractivity contribution is 0.814. The zero-order valence-corrected chi connectivity index (χ0v) is 9.02. The van der Waals surface area contributed by atoms with E-state index >= 15 is 0 Å². The zero-order chi connectivity index (χ0) is 10.8. The Bertz CT molecular complexity index is 450. The first-order valence-corrected chi connectivity index (χ1v) is 4.96. The van der Waals surface area contributed by atoms with Gasteiger partial charge in [-0.2, -0.15) is 5.10 Å². The van der Waals surface area contributed by atoms with Crippen LogP contribution in [0.15, 0.2) is 30.9 Å². The molecule has 2 rings (SSSR count). The summed E-state index contributed by atoms with van der Waals surface area (Å²) in [6.45, 7) is 1.92. The molecule has 1 atom stereocenters. The quantitative estimate of drug-likeness (QED) is 0.845. The minimum atomic E-state index is -0.0210. The summed E-state index contributed by atoms with van der Waals surface area (Å²) >= 11 is 6.12. The van der Waals surface area contributed by atoms with E-state index < -0.39 is 0 Å². The SMILES string of the molecule is C[C@H](N)c1ccc(-n2cncn2)c(Cl)c1. The van der Waals surface area contributed by atoms with Gasteiger partial charge in [-0.05, 0) is 24.6 Å². The number of hydrogen-bond acceptors (Lipinski definition) is 3. The molecule has 0 saturated heterocycles. The molecular formula is C10H11ClN4. The second-order valence-corrected chi connectivity index (χ2v) is 3.75. The number of nitrogens with zero attached hydrogens (tertiary/aromatic N) is 3. The van der Waals surface area contributed by atoms with Crippen LogP contribution >= 0.6 is 11.6 Å². The van der Waals surface area contributed by atoms with E-state index in [0.717, 1.165) is 11.3 Å². The van der Waals surface area contributed by atoms with Crippen LogP contribution < -0.4 is 5.73 Å². The molecule has 0 radical (unpaired) electrons. The van der Waals surface area contributed by atoms with E-state index in [1.807, 2.05) is 25.1 Å². The van der Waals surface area contributed by atoms with Crippen LogP contribution in [0.4, 0.5) is 0 Å². The third-order valence-corrected chi connectivity index (χ3v) is 2.47. The average Bonchev–Trinajstić information content (AvgIpc) is 2.70. The number of nitrogens with two attached hydrogens (primary N) is 1. The lowest BCUT2D eigenvalue weighted by atomic mass is 10.1. The van der Waals surface area contributed by atoms with Crippen LogP contribution in [0, 0.1) is 0 Å². The van der Waals surface area contributed by atoms with Gasteiger partial charge in [0.05, 0.1) is 10.7 Å². The molecule has 0 bridgehead atoms. The Labute approximate surface area is 92.7 Å². The van der Waals surface area contributed by atoms with Gasteiger partial charge in [-0.1, -0.05) is 17.7 Å². The van der Waals surface area contributed by atoms with E-state index in [1.165, 1.54) is 6.33 Å². The first-order chi connectivity index (χ1) is 7.18. The van der Waals surface area contributed by atoms with Crippen molar-refractivity contribution in [2.45, 2.75) is 13.0 Å². The fourth-order valence-electron chi connectivity index (χ4n) is 1.32. The van der Waals surface area contributed by atoms with Gasteiger partial charge in [0, 0.05) is 6.04 Å². The van der Waals surface area contributed by atoms with E-state index in [1.54, 1.807) is 11.0 Å². The number of rotatable bonds is 2. The highest BCUT2D eigenvalue weighted by molar-refractivity contribution is 6.32. The van der Waals surface area contributed by atoms with Crippen LogP contribution in [0.25, 0.3) is 5.69 Å². The van der Waals surface area contributed by atoms with E-state index in [2.05, 4.69) is 10.1 Å². The fraction of sp³-hybridized carbons (Fsp3) is 0.200. The average molecular weight is 223 g/mol. The smallest absolute Gasteiger partial charge is 0.138 e. The molecule has 1 aromatic carbocycles. The van der Waals surface area contributed by atoms with Gasteiger partial charge in [-0.15, -0.1) is 0 Å². The second kappa shape index (κ2) is 4.00. The number of halogens is 1. The molecule has 0 amide bonds. The first kappa shape index (κ1) is 10.1. The van der Waals surface area contributed by atoms with Gasteiger partial charge in [0.15, 0.2) is 0 Å². The molecule has 1 aromatic heterocycles. The molecule has 5 heteroatoms. The van der Waals surface area contributed by atoms with Crippen LogP contribution in [-0.2, 0) is 0 Å². The molecule has 0 aliphatic rings. The van der Waals surface area contributed by atoms with Gasteiger partial charge >= 0.3 is 0 Å². The van der Waals surface area contributed by atoms with Crippen molar-refractivity contribution in [2.24, 2.45) is 5.73 Å². The maximum Gasteiger partial charge on any atom is 0.138 e. The molecule has 1 heterocycles. The summed E-state index contributed by atoms with van der Waals surface area (Å²) in [5.41, 5.74) is 7.57. The predicted molar refractivity (Wildman–Crippen MR) is 59.0 cm³/mol. The molecule has 0 aliphatic heterocycles. The van der Waals surface area contributed by atoms with Crippen molar-refractivity contribution in [1.29, 1.82) is 0 Å². The Hall–Kier alpha value is -1.39. The third kappa shape index (κ3) is 2.00. The van der Waals surface area contributed by atoms with Gasteiger partial charge in [0.2, 0.25) is 0 Å². The van der Waals surface area contributed by atoms with Crippen LogP contribution in [0.5, 0.6) is 0 Å². The maximum atomic E-state index is 6.12. The lowest BCUT2D eigenvalue weighted by Crippen LogP contribution is -2.05. The van der Waals surface area contributed by atoms with E-state index in [4.69, 9.17) is 17.3 Å². The summed E-state index contributed by atoms with van der Waals surface area (Å²) in [4.78, 5) is 3.87. The fourth-order valence-corrected chi connectivity index (χ4v) is 1.60. The van der Waals surface area contributed by atoms with Crippen molar-refractivity contribution in [2.75, 3.05) is 0 Å². The number of aromatic nitrogens is 3. The summed E-state index contributed by atoms with van der Waals surface area (Å²) in [5.74, 6) is 0. The molecule has 0 aliphatic carbocycles. The highest BCUT2D eigenvalue weighted by Gasteiger charge is 2.06. The number of benzene rings is 1. The van der Waals surface area contributed by atoms with Crippen molar-refractivity contribution in [3.63, 3.8) is 0 Å². The summed E-state index contributed by atoms with van der Waals surface area (Å²) < 4.78 is 1.62. The number of hydrogen-bond donors (Lipinski definition) is 1. The van der Waals surface area contributed by atoms with E-state index in [0.29, 0.717) is 5.02 Å². The molecule has 0 unspecified atom stereocenters. The standard InChI is InChI=1S/C10H11ClN4/c1-7(12)8-2-3-10(9(11)4-8)15-6-13-5-14-15/h2-7H,12H2,1H3/t7-/m0/s1.